The van der Waals surface area contributed by atoms with Crippen molar-refractivity contribution in [2.75, 3.05) is 12.4 Å². The van der Waals surface area contributed by atoms with Crippen LogP contribution in [0.1, 0.15) is 16.1 Å². The zero-order valence-electron chi connectivity index (χ0n) is 10.4. The van der Waals surface area contributed by atoms with E-state index in [1.807, 2.05) is 24.3 Å². The molecule has 4 nitrogen and oxygen atoms in total. The molecule has 98 valence electrons. The average Bonchev–Trinajstić information content (AvgIpc) is 2.46. The highest BCUT2D eigenvalue weighted by atomic mass is 79.9. The zero-order chi connectivity index (χ0) is 13.7. The van der Waals surface area contributed by atoms with Gasteiger partial charge >= 0.3 is 5.97 Å². The molecule has 0 aliphatic heterocycles. The van der Waals surface area contributed by atoms with Gasteiger partial charge in [-0.05, 0) is 40.2 Å². The Morgan fingerprint density at radius 1 is 1.32 bits per heavy atom. The Balaban J connectivity index is 2.11. The molecule has 0 saturated heterocycles. The fraction of sp³-hybridized carbons (Fsp3) is 0.143. The van der Waals surface area contributed by atoms with E-state index in [2.05, 4.69) is 26.2 Å². The molecule has 0 bridgehead atoms. The smallest absolute Gasteiger partial charge is 0.339 e. The predicted molar refractivity (Wildman–Crippen MR) is 77.0 cm³/mol. The number of nitrogens with zero attached hydrogens (tertiary/aromatic N) is 1. The quantitative estimate of drug-likeness (QED) is 0.879. The Morgan fingerprint density at radius 3 is 2.79 bits per heavy atom. The lowest BCUT2D eigenvalue weighted by atomic mass is 10.2. The third-order valence-corrected chi connectivity index (χ3v) is 3.05. The molecule has 0 fully saturated rings. The van der Waals surface area contributed by atoms with E-state index in [-0.39, 0.29) is 5.97 Å². The molecule has 1 aromatic heterocycles. The highest BCUT2D eigenvalue weighted by molar-refractivity contribution is 9.10. The number of esters is 1. The van der Waals surface area contributed by atoms with Crippen LogP contribution in [0.15, 0.2) is 47.1 Å². The molecule has 1 aromatic carbocycles. The number of hydrogen-bond acceptors (Lipinski definition) is 4. The van der Waals surface area contributed by atoms with Crippen LogP contribution < -0.4 is 5.32 Å². The fourth-order valence-electron chi connectivity index (χ4n) is 1.62. The van der Waals surface area contributed by atoms with Crippen molar-refractivity contribution in [3.05, 3.63) is 58.3 Å². The molecule has 2 aromatic rings. The van der Waals surface area contributed by atoms with Crippen molar-refractivity contribution in [2.45, 2.75) is 6.54 Å². The van der Waals surface area contributed by atoms with E-state index in [9.17, 15) is 4.79 Å². The summed E-state index contributed by atoms with van der Waals surface area (Å²) in [6.07, 6.45) is 1.74. The first kappa shape index (κ1) is 13.5. The van der Waals surface area contributed by atoms with Gasteiger partial charge in [0.1, 0.15) is 0 Å². The lowest BCUT2D eigenvalue weighted by Gasteiger charge is -2.10. The molecule has 0 atom stereocenters. The number of nitrogens with one attached hydrogen (secondary N) is 1. The minimum absolute atomic E-state index is 0.355. The topological polar surface area (TPSA) is 51.2 Å². The van der Waals surface area contributed by atoms with Crippen molar-refractivity contribution in [2.24, 2.45) is 0 Å². The summed E-state index contributed by atoms with van der Waals surface area (Å²) >= 11 is 3.34. The van der Waals surface area contributed by atoms with E-state index in [0.717, 1.165) is 15.9 Å². The van der Waals surface area contributed by atoms with Crippen LogP contribution in [0.4, 0.5) is 5.69 Å². The van der Waals surface area contributed by atoms with Crippen molar-refractivity contribution in [3.8, 4) is 0 Å². The minimum atomic E-state index is -0.355. The van der Waals surface area contributed by atoms with Gasteiger partial charge < -0.3 is 10.1 Å². The number of aromatic nitrogens is 1. The van der Waals surface area contributed by atoms with Crippen molar-refractivity contribution >= 4 is 27.6 Å². The number of halogens is 1. The van der Waals surface area contributed by atoms with E-state index in [4.69, 9.17) is 4.74 Å². The van der Waals surface area contributed by atoms with Gasteiger partial charge in [-0.15, -0.1) is 0 Å². The average molecular weight is 321 g/mol. The highest BCUT2D eigenvalue weighted by Crippen LogP contribution is 2.17. The van der Waals surface area contributed by atoms with Gasteiger partial charge in [-0.2, -0.15) is 0 Å². The SMILES string of the molecule is COC(=O)c1ccccc1NCc1ccc(Br)cn1. The number of para-hydroxylation sites is 1. The van der Waals surface area contributed by atoms with Crippen LogP contribution in [0.5, 0.6) is 0 Å². The molecule has 19 heavy (non-hydrogen) atoms. The van der Waals surface area contributed by atoms with Gasteiger partial charge in [0.25, 0.3) is 0 Å². The van der Waals surface area contributed by atoms with E-state index in [1.165, 1.54) is 7.11 Å². The molecule has 5 heteroatoms. The highest BCUT2D eigenvalue weighted by Gasteiger charge is 2.10. The summed E-state index contributed by atoms with van der Waals surface area (Å²) in [6.45, 7) is 0.543. The Bertz CT molecular complexity index is 570. The Morgan fingerprint density at radius 2 is 2.11 bits per heavy atom. The van der Waals surface area contributed by atoms with Gasteiger partial charge in [0.05, 0.1) is 24.9 Å². The fourth-order valence-corrected chi connectivity index (χ4v) is 1.86. The summed E-state index contributed by atoms with van der Waals surface area (Å²) in [6, 6.07) is 11.1. The molecular formula is C14H13BrN2O2. The number of hydrogen-bond donors (Lipinski definition) is 1. The minimum Gasteiger partial charge on any atom is -0.465 e. The summed E-state index contributed by atoms with van der Waals surface area (Å²) in [7, 11) is 1.37. The second kappa shape index (κ2) is 6.33. The van der Waals surface area contributed by atoms with E-state index < -0.39 is 0 Å². The van der Waals surface area contributed by atoms with Gasteiger partial charge in [0, 0.05) is 16.4 Å². The molecule has 0 spiro atoms. The maximum absolute atomic E-state index is 11.6. The second-order valence-electron chi connectivity index (χ2n) is 3.86. The number of carbonyl (C=O) groups excluding carboxylic acids is 1. The summed E-state index contributed by atoms with van der Waals surface area (Å²) in [5, 5.41) is 3.19. The summed E-state index contributed by atoms with van der Waals surface area (Å²) in [4.78, 5) is 15.9. The standard InChI is InChI=1S/C14H13BrN2O2/c1-19-14(18)12-4-2-3-5-13(12)17-9-11-7-6-10(15)8-16-11/h2-8,17H,9H2,1H3. The van der Waals surface area contributed by atoms with Gasteiger partial charge in [-0.3, -0.25) is 4.98 Å². The van der Waals surface area contributed by atoms with E-state index in [1.54, 1.807) is 18.3 Å². The predicted octanol–water partition coefficient (Wildman–Crippen LogP) is 3.24. The number of pyridine rings is 1. The zero-order valence-corrected chi connectivity index (χ0v) is 12.0. The maximum Gasteiger partial charge on any atom is 0.339 e. The van der Waals surface area contributed by atoms with Crippen LogP contribution in [0.25, 0.3) is 0 Å². The summed E-state index contributed by atoms with van der Waals surface area (Å²) < 4.78 is 5.68. The monoisotopic (exact) mass is 320 g/mol. The number of ether oxygens (including phenoxy) is 1. The van der Waals surface area contributed by atoms with Crippen LogP contribution in [0.3, 0.4) is 0 Å². The Hall–Kier alpha value is -1.88. The lowest BCUT2D eigenvalue weighted by Crippen LogP contribution is -2.08. The van der Waals surface area contributed by atoms with Gasteiger partial charge in [-0.25, -0.2) is 4.79 Å². The number of methoxy groups -OCH3 is 1. The molecule has 0 aliphatic rings. The van der Waals surface area contributed by atoms with Gasteiger partial charge in [0.2, 0.25) is 0 Å². The van der Waals surface area contributed by atoms with Crippen LogP contribution in [0, 0.1) is 0 Å². The van der Waals surface area contributed by atoms with Crippen molar-refractivity contribution in [1.82, 2.24) is 4.98 Å². The molecule has 1 heterocycles. The molecule has 0 radical (unpaired) electrons. The van der Waals surface area contributed by atoms with Crippen LogP contribution in [0.2, 0.25) is 0 Å². The number of benzene rings is 1. The first-order chi connectivity index (χ1) is 9.20. The Labute approximate surface area is 119 Å². The largest absolute Gasteiger partial charge is 0.465 e. The number of carbonyl (C=O) groups is 1. The van der Waals surface area contributed by atoms with E-state index >= 15 is 0 Å². The maximum atomic E-state index is 11.6. The number of anilines is 1. The third kappa shape index (κ3) is 3.54. The van der Waals surface area contributed by atoms with Crippen molar-refractivity contribution in [3.63, 3.8) is 0 Å². The molecule has 0 saturated carbocycles. The van der Waals surface area contributed by atoms with E-state index in [0.29, 0.717) is 12.1 Å². The lowest BCUT2D eigenvalue weighted by molar-refractivity contribution is 0.0602. The molecule has 0 amide bonds. The molecule has 1 N–H and O–H groups in total. The van der Waals surface area contributed by atoms with Crippen molar-refractivity contribution < 1.29 is 9.53 Å². The Kier molecular flexibility index (Phi) is 4.52. The molecular weight excluding hydrogens is 308 g/mol. The van der Waals surface area contributed by atoms with Crippen LogP contribution in [-0.4, -0.2) is 18.1 Å². The second-order valence-corrected chi connectivity index (χ2v) is 4.77. The van der Waals surface area contributed by atoms with Gasteiger partial charge in [0.15, 0.2) is 0 Å². The normalized spacial score (nSPS) is 10.0. The molecule has 0 aliphatic carbocycles. The molecule has 2 rings (SSSR count). The first-order valence-corrected chi connectivity index (χ1v) is 6.51. The number of rotatable bonds is 4. The summed E-state index contributed by atoms with van der Waals surface area (Å²) in [5.74, 6) is -0.355. The summed E-state index contributed by atoms with van der Waals surface area (Å²) in [5.41, 5.74) is 2.14. The molecule has 0 unspecified atom stereocenters. The first-order valence-electron chi connectivity index (χ1n) is 5.72. The van der Waals surface area contributed by atoms with Crippen LogP contribution in [-0.2, 0) is 11.3 Å². The third-order valence-electron chi connectivity index (χ3n) is 2.58. The van der Waals surface area contributed by atoms with Gasteiger partial charge in [-0.1, -0.05) is 12.1 Å². The van der Waals surface area contributed by atoms with Crippen LogP contribution >= 0.6 is 15.9 Å². The van der Waals surface area contributed by atoms with Crippen molar-refractivity contribution in [1.29, 1.82) is 0 Å².